The molecule has 9 nitrogen and oxygen atoms in total. The number of ether oxygens (including phenoxy) is 1. The number of primary amides is 1. The van der Waals surface area contributed by atoms with Crippen molar-refractivity contribution in [2.45, 2.75) is 46.4 Å². The van der Waals surface area contributed by atoms with Gasteiger partial charge in [-0.15, -0.1) is 0 Å². The summed E-state index contributed by atoms with van der Waals surface area (Å²) in [6, 6.07) is 4.52. The molecule has 0 saturated carbocycles. The Morgan fingerprint density at radius 2 is 2.03 bits per heavy atom. The van der Waals surface area contributed by atoms with Crippen LogP contribution in [0.15, 0.2) is 27.8 Å². The van der Waals surface area contributed by atoms with E-state index in [-0.39, 0.29) is 17.9 Å². The summed E-state index contributed by atoms with van der Waals surface area (Å²) in [5.41, 5.74) is 5.20. The van der Waals surface area contributed by atoms with Gasteiger partial charge in [-0.25, -0.2) is 9.78 Å². The second kappa shape index (κ2) is 8.52. The predicted octanol–water partition coefficient (Wildman–Crippen LogP) is 2.04. The van der Waals surface area contributed by atoms with E-state index in [0.717, 1.165) is 12.8 Å². The molecule has 0 aliphatic carbocycles. The molecule has 0 aliphatic heterocycles. The number of H-pyrrole nitrogens is 1. The monoisotopic (exact) mass is 419 g/mol. The van der Waals surface area contributed by atoms with Crippen LogP contribution in [0.2, 0.25) is 5.02 Å². The summed E-state index contributed by atoms with van der Waals surface area (Å²) in [6.07, 6.45) is 1.67. The number of nitrogens with zero attached hydrogens (tertiary/aromatic N) is 3. The molecule has 10 heteroatoms. The molecule has 0 fully saturated rings. The molecule has 0 spiro atoms. The number of aryl methyl sites for hydroxylation is 2. The molecule has 0 atom stereocenters. The number of carbonyl (C=O) groups is 1. The number of unbranched alkanes of at least 4 members (excludes halogenated alkanes) is 1. The van der Waals surface area contributed by atoms with Crippen LogP contribution in [-0.2, 0) is 19.7 Å². The molecule has 154 valence electrons. The van der Waals surface area contributed by atoms with Gasteiger partial charge in [0.2, 0.25) is 0 Å². The Hall–Kier alpha value is -3.07. The van der Waals surface area contributed by atoms with Crippen molar-refractivity contribution in [2.24, 2.45) is 5.73 Å². The quantitative estimate of drug-likeness (QED) is 0.578. The minimum atomic E-state index is -0.648. The van der Waals surface area contributed by atoms with Gasteiger partial charge in [0.1, 0.15) is 18.2 Å². The largest absolute Gasteiger partial charge is 0.485 e. The third kappa shape index (κ3) is 4.04. The van der Waals surface area contributed by atoms with Crippen molar-refractivity contribution in [2.75, 3.05) is 0 Å². The molecule has 0 bridgehead atoms. The molecule has 1 amide bonds. The van der Waals surface area contributed by atoms with Gasteiger partial charge in [-0.3, -0.25) is 19.1 Å². The summed E-state index contributed by atoms with van der Waals surface area (Å²) in [4.78, 5) is 43.2. The summed E-state index contributed by atoms with van der Waals surface area (Å²) in [6.45, 7) is 4.73. The lowest BCUT2D eigenvalue weighted by Gasteiger charge is -2.11. The van der Waals surface area contributed by atoms with Crippen LogP contribution >= 0.6 is 11.6 Å². The number of nitrogens with one attached hydrogen (secondary N) is 1. The fourth-order valence-electron chi connectivity index (χ4n) is 3.15. The second-order valence-corrected chi connectivity index (χ2v) is 6.94. The van der Waals surface area contributed by atoms with Gasteiger partial charge in [-0.2, -0.15) is 0 Å². The number of amides is 1. The Morgan fingerprint density at radius 1 is 1.28 bits per heavy atom. The Labute approximate surface area is 171 Å². The Kier molecular flexibility index (Phi) is 6.07. The normalized spacial score (nSPS) is 11.1. The first-order valence-electron chi connectivity index (χ1n) is 9.31. The van der Waals surface area contributed by atoms with Crippen molar-refractivity contribution in [3.8, 4) is 5.75 Å². The molecule has 3 N–H and O–H groups in total. The number of carbonyl (C=O) groups excluding carboxylic acids is 1. The molecule has 0 saturated heterocycles. The van der Waals surface area contributed by atoms with Crippen molar-refractivity contribution < 1.29 is 9.53 Å². The zero-order valence-corrected chi connectivity index (χ0v) is 17.0. The lowest BCUT2D eigenvalue weighted by atomic mass is 10.2. The van der Waals surface area contributed by atoms with Gasteiger partial charge in [-0.05, 0) is 31.5 Å². The number of aromatic amines is 1. The van der Waals surface area contributed by atoms with Gasteiger partial charge >= 0.3 is 5.69 Å². The molecular weight excluding hydrogens is 398 g/mol. The molecule has 29 heavy (non-hydrogen) atoms. The highest BCUT2D eigenvalue weighted by Crippen LogP contribution is 2.24. The maximum atomic E-state index is 12.4. The molecule has 3 aromatic rings. The SMILES string of the molecule is CCCCn1c(=O)[nH]c(=O)c2c1nc(COc1cc(Cl)ccc1C(N)=O)n2CC. The number of halogens is 1. The van der Waals surface area contributed by atoms with Crippen LogP contribution in [0, 0.1) is 0 Å². The van der Waals surface area contributed by atoms with E-state index in [2.05, 4.69) is 9.97 Å². The molecule has 2 heterocycles. The third-order valence-corrected chi connectivity index (χ3v) is 4.82. The summed E-state index contributed by atoms with van der Waals surface area (Å²) in [5.74, 6) is 0.0155. The van der Waals surface area contributed by atoms with Crippen LogP contribution in [0.3, 0.4) is 0 Å². The first kappa shape index (κ1) is 20.7. The topological polar surface area (TPSA) is 125 Å². The van der Waals surface area contributed by atoms with E-state index >= 15 is 0 Å². The van der Waals surface area contributed by atoms with Crippen LogP contribution in [0.25, 0.3) is 11.2 Å². The summed E-state index contributed by atoms with van der Waals surface area (Å²) < 4.78 is 8.91. The lowest BCUT2D eigenvalue weighted by molar-refractivity contribution is 0.0995. The average molecular weight is 420 g/mol. The minimum absolute atomic E-state index is 0.0372. The number of rotatable bonds is 8. The predicted molar refractivity (Wildman–Crippen MR) is 109 cm³/mol. The van der Waals surface area contributed by atoms with Crippen molar-refractivity contribution in [3.05, 3.63) is 55.4 Å². The van der Waals surface area contributed by atoms with E-state index in [9.17, 15) is 14.4 Å². The van der Waals surface area contributed by atoms with Crippen molar-refractivity contribution in [3.63, 3.8) is 0 Å². The summed E-state index contributed by atoms with van der Waals surface area (Å²) >= 11 is 6.00. The molecular formula is C19H22ClN5O4. The smallest absolute Gasteiger partial charge is 0.330 e. The van der Waals surface area contributed by atoms with Crippen LogP contribution in [0.1, 0.15) is 42.9 Å². The first-order valence-corrected chi connectivity index (χ1v) is 9.69. The zero-order chi connectivity index (χ0) is 21.1. The summed E-state index contributed by atoms with van der Waals surface area (Å²) in [7, 11) is 0. The van der Waals surface area contributed by atoms with Gasteiger partial charge in [0.15, 0.2) is 11.2 Å². The van der Waals surface area contributed by atoms with Crippen LogP contribution in [-0.4, -0.2) is 25.0 Å². The molecule has 0 radical (unpaired) electrons. The molecule has 0 unspecified atom stereocenters. The number of fused-ring (bicyclic) bond motifs is 1. The number of aromatic nitrogens is 4. The maximum Gasteiger partial charge on any atom is 0.330 e. The van der Waals surface area contributed by atoms with Gasteiger partial charge in [0.25, 0.3) is 11.5 Å². The van der Waals surface area contributed by atoms with Gasteiger partial charge in [-0.1, -0.05) is 24.9 Å². The van der Waals surface area contributed by atoms with Crippen LogP contribution < -0.4 is 21.7 Å². The minimum Gasteiger partial charge on any atom is -0.485 e. The Morgan fingerprint density at radius 3 is 2.69 bits per heavy atom. The van der Waals surface area contributed by atoms with Gasteiger partial charge < -0.3 is 15.0 Å². The number of imidazole rings is 1. The van der Waals surface area contributed by atoms with Crippen LogP contribution in [0.4, 0.5) is 0 Å². The molecule has 3 rings (SSSR count). The van der Waals surface area contributed by atoms with Gasteiger partial charge in [0.05, 0.1) is 5.56 Å². The maximum absolute atomic E-state index is 12.4. The highest BCUT2D eigenvalue weighted by Gasteiger charge is 2.19. The second-order valence-electron chi connectivity index (χ2n) is 6.50. The van der Waals surface area contributed by atoms with E-state index in [4.69, 9.17) is 22.1 Å². The average Bonchev–Trinajstić information content (AvgIpc) is 3.04. The van der Waals surface area contributed by atoms with E-state index in [0.29, 0.717) is 35.1 Å². The number of benzene rings is 1. The van der Waals surface area contributed by atoms with E-state index in [1.807, 2.05) is 13.8 Å². The molecule has 1 aromatic carbocycles. The number of hydrogen-bond donors (Lipinski definition) is 2. The van der Waals surface area contributed by atoms with E-state index in [1.54, 1.807) is 10.6 Å². The highest BCUT2D eigenvalue weighted by atomic mass is 35.5. The van der Waals surface area contributed by atoms with Gasteiger partial charge in [0, 0.05) is 18.1 Å². The summed E-state index contributed by atoms with van der Waals surface area (Å²) in [5, 5.41) is 0.388. The number of hydrogen-bond acceptors (Lipinski definition) is 5. The van der Waals surface area contributed by atoms with Crippen molar-refractivity contribution >= 4 is 28.7 Å². The molecule has 0 aliphatic rings. The van der Waals surface area contributed by atoms with E-state index < -0.39 is 17.2 Å². The van der Waals surface area contributed by atoms with Crippen LogP contribution in [0.5, 0.6) is 5.75 Å². The standard InChI is InChI=1S/C19H22ClN5O4/c1-3-5-8-25-17-15(18(27)23-19(25)28)24(4-2)14(22-17)10-29-13-9-11(20)6-7-12(13)16(21)26/h6-7,9H,3-5,8,10H2,1-2H3,(H2,21,26)(H,23,27,28). The first-order chi connectivity index (χ1) is 13.9. The number of nitrogens with two attached hydrogens (primary N) is 1. The fraction of sp³-hybridized carbons (Fsp3) is 0.368. The molecule has 2 aromatic heterocycles. The van der Waals surface area contributed by atoms with Crippen molar-refractivity contribution in [1.82, 2.24) is 19.1 Å². The Bertz CT molecular complexity index is 1180. The zero-order valence-electron chi connectivity index (χ0n) is 16.2. The Balaban J connectivity index is 2.06. The van der Waals surface area contributed by atoms with E-state index in [1.165, 1.54) is 16.7 Å². The fourth-order valence-corrected chi connectivity index (χ4v) is 3.32. The lowest BCUT2D eigenvalue weighted by Crippen LogP contribution is -2.31. The third-order valence-electron chi connectivity index (χ3n) is 4.58. The van der Waals surface area contributed by atoms with Crippen molar-refractivity contribution in [1.29, 1.82) is 0 Å². The highest BCUT2D eigenvalue weighted by molar-refractivity contribution is 6.30.